The van der Waals surface area contributed by atoms with Crippen molar-refractivity contribution in [1.29, 1.82) is 0 Å². The zero-order valence-electron chi connectivity index (χ0n) is 12.9. The SMILES string of the molecule is COc1cnc2[nH]c3cnc(-c4cnn(CC(N)=O)c4)cc3c2c1. The van der Waals surface area contributed by atoms with Crippen molar-refractivity contribution in [3.05, 3.63) is 36.9 Å². The predicted molar refractivity (Wildman–Crippen MR) is 88.4 cm³/mol. The fourth-order valence-electron chi connectivity index (χ4n) is 2.67. The molecular weight excluding hydrogens is 308 g/mol. The summed E-state index contributed by atoms with van der Waals surface area (Å²) in [5.74, 6) is 0.249. The fourth-order valence-corrected chi connectivity index (χ4v) is 2.67. The van der Waals surface area contributed by atoms with Crippen molar-refractivity contribution in [2.75, 3.05) is 7.11 Å². The molecule has 4 rings (SSSR count). The molecule has 0 aromatic carbocycles. The number of ether oxygens (including phenoxy) is 1. The number of nitrogens with two attached hydrogens (primary N) is 1. The molecule has 24 heavy (non-hydrogen) atoms. The van der Waals surface area contributed by atoms with E-state index in [1.807, 2.05) is 12.1 Å². The Morgan fingerprint density at radius 1 is 1.25 bits per heavy atom. The molecule has 1 amide bonds. The number of nitrogens with zero attached hydrogens (tertiary/aromatic N) is 4. The van der Waals surface area contributed by atoms with E-state index in [1.165, 1.54) is 4.68 Å². The summed E-state index contributed by atoms with van der Waals surface area (Å²) in [4.78, 5) is 23.0. The number of nitrogens with one attached hydrogen (secondary N) is 1. The largest absolute Gasteiger partial charge is 0.495 e. The zero-order valence-corrected chi connectivity index (χ0v) is 12.9. The van der Waals surface area contributed by atoms with E-state index in [4.69, 9.17) is 10.5 Å². The number of fused-ring (bicyclic) bond motifs is 3. The Balaban J connectivity index is 1.83. The Hall–Kier alpha value is -3.42. The number of aromatic nitrogens is 5. The molecule has 0 atom stereocenters. The molecule has 0 radical (unpaired) electrons. The highest BCUT2D eigenvalue weighted by Gasteiger charge is 2.11. The molecule has 0 unspecified atom stereocenters. The van der Waals surface area contributed by atoms with Gasteiger partial charge in [0.05, 0.1) is 36.9 Å². The van der Waals surface area contributed by atoms with Gasteiger partial charge in [-0.1, -0.05) is 0 Å². The molecule has 4 aromatic heterocycles. The molecule has 0 aliphatic heterocycles. The van der Waals surface area contributed by atoms with E-state index in [2.05, 4.69) is 20.1 Å². The van der Waals surface area contributed by atoms with E-state index in [0.717, 1.165) is 33.2 Å². The number of rotatable bonds is 4. The van der Waals surface area contributed by atoms with Gasteiger partial charge in [0.2, 0.25) is 5.91 Å². The zero-order chi connectivity index (χ0) is 16.7. The average molecular weight is 322 g/mol. The maximum absolute atomic E-state index is 11.0. The van der Waals surface area contributed by atoms with Gasteiger partial charge >= 0.3 is 0 Å². The van der Waals surface area contributed by atoms with Gasteiger partial charge < -0.3 is 15.5 Å². The molecule has 8 heteroatoms. The summed E-state index contributed by atoms with van der Waals surface area (Å²) in [7, 11) is 1.61. The quantitative estimate of drug-likeness (QED) is 0.591. The first kappa shape index (κ1) is 14.2. The van der Waals surface area contributed by atoms with Crippen molar-refractivity contribution in [3.8, 4) is 17.0 Å². The maximum atomic E-state index is 11.0. The van der Waals surface area contributed by atoms with Crippen molar-refractivity contribution in [2.24, 2.45) is 5.73 Å². The molecule has 8 nitrogen and oxygen atoms in total. The third kappa shape index (κ3) is 2.34. The summed E-state index contributed by atoms with van der Waals surface area (Å²) in [6.07, 6.45) is 6.82. The second kappa shape index (κ2) is 5.34. The number of primary amides is 1. The second-order valence-electron chi connectivity index (χ2n) is 5.40. The highest BCUT2D eigenvalue weighted by molar-refractivity contribution is 6.06. The number of amides is 1. The molecular formula is C16H14N6O2. The van der Waals surface area contributed by atoms with Gasteiger partial charge in [-0.25, -0.2) is 4.98 Å². The van der Waals surface area contributed by atoms with Crippen molar-refractivity contribution >= 4 is 27.8 Å². The average Bonchev–Trinajstić information content (AvgIpc) is 3.17. The number of H-pyrrole nitrogens is 1. The van der Waals surface area contributed by atoms with Crippen LogP contribution in [0, 0.1) is 0 Å². The van der Waals surface area contributed by atoms with Gasteiger partial charge in [-0.05, 0) is 12.1 Å². The summed E-state index contributed by atoms with van der Waals surface area (Å²) >= 11 is 0. The fraction of sp³-hybridized carbons (Fsp3) is 0.125. The summed E-state index contributed by atoms with van der Waals surface area (Å²) in [5, 5.41) is 6.07. The Labute approximate surface area is 136 Å². The molecule has 3 N–H and O–H groups in total. The smallest absolute Gasteiger partial charge is 0.239 e. The van der Waals surface area contributed by atoms with Crippen LogP contribution in [-0.4, -0.2) is 37.7 Å². The van der Waals surface area contributed by atoms with Crippen molar-refractivity contribution in [3.63, 3.8) is 0 Å². The monoisotopic (exact) mass is 322 g/mol. The van der Waals surface area contributed by atoms with Crippen LogP contribution in [0.4, 0.5) is 0 Å². The standard InChI is InChI=1S/C16H14N6O2/c1-24-10-2-12-11-3-13(9-4-20-22(7-9)8-15(17)23)18-6-14(11)21-16(12)19-5-10/h2-7H,8H2,1H3,(H2,17,23)(H,19,21). The lowest BCUT2D eigenvalue weighted by Gasteiger charge is -1.99. The minimum atomic E-state index is -0.442. The second-order valence-corrected chi connectivity index (χ2v) is 5.40. The third-order valence-corrected chi connectivity index (χ3v) is 3.79. The first-order valence-electron chi connectivity index (χ1n) is 7.26. The molecule has 4 heterocycles. The Morgan fingerprint density at radius 2 is 2.12 bits per heavy atom. The van der Waals surface area contributed by atoms with Crippen LogP contribution in [0.25, 0.3) is 33.2 Å². The van der Waals surface area contributed by atoms with E-state index in [9.17, 15) is 4.79 Å². The van der Waals surface area contributed by atoms with E-state index < -0.39 is 5.91 Å². The summed E-state index contributed by atoms with van der Waals surface area (Å²) in [6.45, 7) is 0.0381. The first-order valence-corrected chi connectivity index (χ1v) is 7.26. The van der Waals surface area contributed by atoms with Gasteiger partial charge in [0.15, 0.2) is 0 Å². The van der Waals surface area contributed by atoms with Gasteiger partial charge in [-0.15, -0.1) is 0 Å². The predicted octanol–water partition coefficient (Wildman–Crippen LogP) is 1.47. The highest BCUT2D eigenvalue weighted by Crippen LogP contribution is 2.29. The van der Waals surface area contributed by atoms with Crippen LogP contribution in [0.3, 0.4) is 0 Å². The van der Waals surface area contributed by atoms with Gasteiger partial charge in [-0.2, -0.15) is 5.10 Å². The number of carbonyl (C=O) groups is 1. The summed E-state index contributed by atoms with van der Waals surface area (Å²) < 4.78 is 6.74. The number of pyridine rings is 2. The normalized spacial score (nSPS) is 11.2. The van der Waals surface area contributed by atoms with Crippen LogP contribution in [0.5, 0.6) is 5.75 Å². The summed E-state index contributed by atoms with van der Waals surface area (Å²) in [6, 6.07) is 3.89. The van der Waals surface area contributed by atoms with Crippen molar-refractivity contribution < 1.29 is 9.53 Å². The Morgan fingerprint density at radius 3 is 2.92 bits per heavy atom. The van der Waals surface area contributed by atoms with Gasteiger partial charge in [-0.3, -0.25) is 14.5 Å². The minimum absolute atomic E-state index is 0.0381. The number of methoxy groups -OCH3 is 1. The van der Waals surface area contributed by atoms with Crippen LogP contribution in [-0.2, 0) is 11.3 Å². The summed E-state index contributed by atoms with van der Waals surface area (Å²) in [5.41, 5.74) is 8.40. The molecule has 0 aliphatic carbocycles. The lowest BCUT2D eigenvalue weighted by molar-refractivity contribution is -0.118. The third-order valence-electron chi connectivity index (χ3n) is 3.79. The van der Waals surface area contributed by atoms with Crippen LogP contribution in [0.15, 0.2) is 36.9 Å². The molecule has 0 saturated carbocycles. The molecule has 0 aliphatic rings. The number of aromatic amines is 1. The number of hydrogen-bond acceptors (Lipinski definition) is 5. The Kier molecular flexibility index (Phi) is 3.16. The van der Waals surface area contributed by atoms with Crippen LogP contribution < -0.4 is 10.5 Å². The lowest BCUT2D eigenvalue weighted by Crippen LogP contribution is -2.18. The van der Waals surface area contributed by atoms with E-state index in [0.29, 0.717) is 5.75 Å². The van der Waals surface area contributed by atoms with Crippen molar-refractivity contribution in [2.45, 2.75) is 6.54 Å². The lowest BCUT2D eigenvalue weighted by atomic mass is 10.1. The van der Waals surface area contributed by atoms with E-state index in [-0.39, 0.29) is 6.54 Å². The molecule has 0 bridgehead atoms. The molecule has 4 aromatic rings. The molecule has 0 saturated heterocycles. The van der Waals surface area contributed by atoms with Gasteiger partial charge in [0, 0.05) is 22.5 Å². The number of carbonyl (C=O) groups excluding carboxylic acids is 1. The minimum Gasteiger partial charge on any atom is -0.495 e. The van der Waals surface area contributed by atoms with Crippen molar-refractivity contribution in [1.82, 2.24) is 24.7 Å². The van der Waals surface area contributed by atoms with Crippen LogP contribution >= 0.6 is 0 Å². The van der Waals surface area contributed by atoms with Crippen LogP contribution in [0.1, 0.15) is 0 Å². The Bertz CT molecular complexity index is 1060. The van der Waals surface area contributed by atoms with E-state index >= 15 is 0 Å². The molecule has 120 valence electrons. The van der Waals surface area contributed by atoms with E-state index in [1.54, 1.807) is 31.9 Å². The topological polar surface area (TPSA) is 112 Å². The first-order chi connectivity index (χ1) is 11.6. The highest BCUT2D eigenvalue weighted by atomic mass is 16.5. The van der Waals surface area contributed by atoms with Crippen LogP contribution in [0.2, 0.25) is 0 Å². The van der Waals surface area contributed by atoms with Gasteiger partial charge in [0.25, 0.3) is 0 Å². The maximum Gasteiger partial charge on any atom is 0.239 e. The molecule has 0 spiro atoms. The number of hydrogen-bond donors (Lipinski definition) is 2. The molecule has 0 fully saturated rings. The van der Waals surface area contributed by atoms with Gasteiger partial charge in [0.1, 0.15) is 17.9 Å².